The van der Waals surface area contributed by atoms with Crippen molar-refractivity contribution in [3.8, 4) is 11.8 Å². The maximum absolute atomic E-state index is 12.4. The van der Waals surface area contributed by atoms with Gasteiger partial charge in [-0.05, 0) is 25.0 Å². The quantitative estimate of drug-likeness (QED) is 0.914. The molecule has 1 aromatic rings. The zero-order chi connectivity index (χ0) is 15.5. The highest BCUT2D eigenvalue weighted by Gasteiger charge is 2.34. The van der Waals surface area contributed by atoms with Crippen LogP contribution in [0.1, 0.15) is 42.5 Å². The summed E-state index contributed by atoms with van der Waals surface area (Å²) in [4.78, 5) is 12.4. The van der Waals surface area contributed by atoms with Crippen molar-refractivity contribution >= 4 is 29.1 Å². The molecule has 2 rings (SSSR count). The molecule has 6 heteroatoms. The Hall–Kier alpha value is -1.44. The number of nitrogens with zero attached hydrogens (tertiary/aromatic N) is 1. The minimum absolute atomic E-state index is 0.268. The van der Waals surface area contributed by atoms with Crippen molar-refractivity contribution < 1.29 is 9.53 Å². The molecule has 0 heterocycles. The van der Waals surface area contributed by atoms with E-state index in [1.165, 1.54) is 19.2 Å². The molecule has 1 fully saturated rings. The Morgan fingerprint density at radius 1 is 1.29 bits per heavy atom. The molecular weight excluding hydrogens is 311 g/mol. The molecule has 0 saturated heterocycles. The van der Waals surface area contributed by atoms with Crippen molar-refractivity contribution in [3.63, 3.8) is 0 Å². The van der Waals surface area contributed by atoms with Crippen LogP contribution in [0.2, 0.25) is 10.0 Å². The SMILES string of the molecule is COc1c(Cl)cc(C(=O)NC2(C#N)CCCCC2)cc1Cl. The first-order chi connectivity index (χ1) is 10.0. The maximum Gasteiger partial charge on any atom is 0.252 e. The second-order valence-electron chi connectivity index (χ2n) is 5.18. The summed E-state index contributed by atoms with van der Waals surface area (Å²) in [6.07, 6.45) is 4.33. The van der Waals surface area contributed by atoms with Gasteiger partial charge in [0.15, 0.2) is 5.75 Å². The van der Waals surface area contributed by atoms with Crippen LogP contribution in [0.3, 0.4) is 0 Å². The molecule has 1 aliphatic rings. The van der Waals surface area contributed by atoms with Gasteiger partial charge >= 0.3 is 0 Å². The maximum atomic E-state index is 12.4. The molecule has 21 heavy (non-hydrogen) atoms. The summed E-state index contributed by atoms with van der Waals surface area (Å²) in [6, 6.07) is 5.24. The molecule has 0 aliphatic heterocycles. The lowest BCUT2D eigenvalue weighted by Gasteiger charge is -2.31. The van der Waals surface area contributed by atoms with Crippen molar-refractivity contribution in [2.24, 2.45) is 0 Å². The summed E-state index contributed by atoms with van der Waals surface area (Å²) in [5.74, 6) is -0.00699. The molecule has 0 aromatic heterocycles. The van der Waals surface area contributed by atoms with E-state index < -0.39 is 5.54 Å². The Morgan fingerprint density at radius 3 is 2.33 bits per heavy atom. The zero-order valence-electron chi connectivity index (χ0n) is 11.7. The van der Waals surface area contributed by atoms with Crippen LogP contribution in [0.4, 0.5) is 0 Å². The Balaban J connectivity index is 2.22. The number of benzene rings is 1. The summed E-state index contributed by atoms with van der Waals surface area (Å²) < 4.78 is 5.05. The van der Waals surface area contributed by atoms with Crippen LogP contribution in [0.25, 0.3) is 0 Å². The molecule has 0 atom stereocenters. The Morgan fingerprint density at radius 2 is 1.86 bits per heavy atom. The third kappa shape index (κ3) is 3.42. The average Bonchev–Trinajstić information content (AvgIpc) is 2.47. The van der Waals surface area contributed by atoms with E-state index in [0.29, 0.717) is 24.2 Å². The van der Waals surface area contributed by atoms with Gasteiger partial charge in [-0.3, -0.25) is 4.79 Å². The van der Waals surface area contributed by atoms with Crippen LogP contribution in [-0.4, -0.2) is 18.6 Å². The second-order valence-corrected chi connectivity index (χ2v) is 6.00. The molecule has 1 amide bonds. The van der Waals surface area contributed by atoms with Gasteiger partial charge in [0, 0.05) is 5.56 Å². The van der Waals surface area contributed by atoms with Crippen LogP contribution in [0.5, 0.6) is 5.75 Å². The first-order valence-corrected chi connectivity index (χ1v) is 7.54. The number of hydrogen-bond acceptors (Lipinski definition) is 3. The fourth-order valence-electron chi connectivity index (χ4n) is 2.60. The van der Waals surface area contributed by atoms with Crippen LogP contribution in [-0.2, 0) is 0 Å². The van der Waals surface area contributed by atoms with Gasteiger partial charge < -0.3 is 10.1 Å². The molecule has 0 unspecified atom stereocenters. The van der Waals surface area contributed by atoms with E-state index in [-0.39, 0.29) is 16.0 Å². The minimum atomic E-state index is -0.784. The molecule has 1 N–H and O–H groups in total. The zero-order valence-corrected chi connectivity index (χ0v) is 13.2. The number of nitriles is 1. The number of nitrogens with one attached hydrogen (secondary N) is 1. The van der Waals surface area contributed by atoms with Crippen LogP contribution >= 0.6 is 23.2 Å². The lowest BCUT2D eigenvalue weighted by molar-refractivity contribution is 0.0902. The van der Waals surface area contributed by atoms with Gasteiger partial charge in [0.05, 0.1) is 23.2 Å². The summed E-state index contributed by atoms with van der Waals surface area (Å²) in [5, 5.41) is 12.8. The van der Waals surface area contributed by atoms with Crippen molar-refractivity contribution in [2.45, 2.75) is 37.6 Å². The molecule has 112 valence electrons. The van der Waals surface area contributed by atoms with Gasteiger partial charge in [0.2, 0.25) is 0 Å². The predicted molar refractivity (Wildman–Crippen MR) is 81.9 cm³/mol. The fraction of sp³-hybridized carbons (Fsp3) is 0.467. The van der Waals surface area contributed by atoms with E-state index in [0.717, 1.165) is 19.3 Å². The van der Waals surface area contributed by atoms with Gasteiger partial charge in [0.25, 0.3) is 5.91 Å². The van der Waals surface area contributed by atoms with Crippen LogP contribution in [0.15, 0.2) is 12.1 Å². The topological polar surface area (TPSA) is 62.1 Å². The third-order valence-electron chi connectivity index (χ3n) is 3.74. The number of carbonyl (C=O) groups is 1. The number of carbonyl (C=O) groups excluding carboxylic acids is 1. The number of rotatable bonds is 3. The smallest absolute Gasteiger partial charge is 0.252 e. The minimum Gasteiger partial charge on any atom is -0.494 e. The molecule has 0 radical (unpaired) electrons. The highest BCUT2D eigenvalue weighted by Crippen LogP contribution is 2.34. The number of ether oxygens (including phenoxy) is 1. The second kappa shape index (κ2) is 6.55. The summed E-state index contributed by atoms with van der Waals surface area (Å²) in [6.45, 7) is 0. The Labute approximate surface area is 134 Å². The Bertz CT molecular complexity index is 567. The Kier molecular flexibility index (Phi) is 4.97. The van der Waals surface area contributed by atoms with Gasteiger partial charge in [-0.2, -0.15) is 5.26 Å². The normalized spacial score (nSPS) is 16.9. The molecule has 0 spiro atoms. The molecule has 1 saturated carbocycles. The average molecular weight is 327 g/mol. The van der Waals surface area contributed by atoms with Crippen molar-refractivity contribution in [1.82, 2.24) is 5.32 Å². The molecule has 0 bridgehead atoms. The molecule has 1 aromatic carbocycles. The van der Waals surface area contributed by atoms with Crippen LogP contribution < -0.4 is 10.1 Å². The molecular formula is C15H16Cl2N2O2. The summed E-state index contributed by atoms with van der Waals surface area (Å²) in [7, 11) is 1.46. The monoisotopic (exact) mass is 326 g/mol. The van der Waals surface area contributed by atoms with E-state index in [9.17, 15) is 10.1 Å². The standard InChI is InChI=1S/C15H16Cl2N2O2/c1-21-13-11(16)7-10(8-12(13)17)14(20)19-15(9-18)5-3-2-4-6-15/h7-8H,2-6H2,1H3,(H,19,20). The first-order valence-electron chi connectivity index (χ1n) is 6.78. The number of halogens is 2. The number of hydrogen-bond donors (Lipinski definition) is 1. The highest BCUT2D eigenvalue weighted by molar-refractivity contribution is 6.37. The van der Waals surface area contributed by atoms with E-state index in [1.807, 2.05) is 0 Å². The van der Waals surface area contributed by atoms with Crippen LogP contribution in [0, 0.1) is 11.3 Å². The van der Waals surface area contributed by atoms with E-state index >= 15 is 0 Å². The van der Waals surface area contributed by atoms with E-state index in [1.54, 1.807) is 0 Å². The highest BCUT2D eigenvalue weighted by atomic mass is 35.5. The number of methoxy groups -OCH3 is 1. The van der Waals surface area contributed by atoms with Gasteiger partial charge in [-0.25, -0.2) is 0 Å². The largest absolute Gasteiger partial charge is 0.494 e. The van der Waals surface area contributed by atoms with Gasteiger partial charge in [0.1, 0.15) is 5.54 Å². The molecule has 1 aliphatic carbocycles. The van der Waals surface area contributed by atoms with Gasteiger partial charge in [-0.15, -0.1) is 0 Å². The van der Waals surface area contributed by atoms with E-state index in [4.69, 9.17) is 27.9 Å². The fourth-order valence-corrected chi connectivity index (χ4v) is 3.24. The van der Waals surface area contributed by atoms with Crippen molar-refractivity contribution in [1.29, 1.82) is 5.26 Å². The molecule has 4 nitrogen and oxygen atoms in total. The van der Waals surface area contributed by atoms with Gasteiger partial charge in [-0.1, -0.05) is 42.5 Å². The third-order valence-corrected chi connectivity index (χ3v) is 4.30. The summed E-state index contributed by atoms with van der Waals surface area (Å²) >= 11 is 12.1. The predicted octanol–water partition coefficient (Wildman–Crippen LogP) is 3.96. The first kappa shape index (κ1) is 15.9. The van der Waals surface area contributed by atoms with Crippen molar-refractivity contribution in [2.75, 3.05) is 7.11 Å². The lowest BCUT2D eigenvalue weighted by atomic mass is 9.82. The van der Waals surface area contributed by atoms with E-state index in [2.05, 4.69) is 11.4 Å². The van der Waals surface area contributed by atoms with Crippen molar-refractivity contribution in [3.05, 3.63) is 27.7 Å². The number of amides is 1. The lowest BCUT2D eigenvalue weighted by Crippen LogP contribution is -2.48. The summed E-state index contributed by atoms with van der Waals surface area (Å²) in [5.41, 5.74) is -0.459.